The van der Waals surface area contributed by atoms with Crippen LogP contribution >= 0.6 is 11.3 Å². The first-order chi connectivity index (χ1) is 9.90. The zero-order chi connectivity index (χ0) is 13.4. The fraction of sp³-hybridized carbons (Fsp3) is 0.125. The van der Waals surface area contributed by atoms with Crippen LogP contribution in [0.15, 0.2) is 47.8 Å². The van der Waals surface area contributed by atoms with Gasteiger partial charge in [0.25, 0.3) is 0 Å². The SMILES string of the molecule is c1cc(CNc2ccc3sccc3c2)c2c(c1)OCO2. The van der Waals surface area contributed by atoms with Crippen LogP contribution < -0.4 is 14.8 Å². The normalized spacial score (nSPS) is 12.8. The summed E-state index contributed by atoms with van der Waals surface area (Å²) in [4.78, 5) is 0. The number of para-hydroxylation sites is 1. The summed E-state index contributed by atoms with van der Waals surface area (Å²) in [6, 6.07) is 14.6. The molecule has 0 amide bonds. The molecule has 0 unspecified atom stereocenters. The highest BCUT2D eigenvalue weighted by molar-refractivity contribution is 7.17. The van der Waals surface area contributed by atoms with E-state index in [9.17, 15) is 0 Å². The molecule has 2 heterocycles. The number of nitrogens with one attached hydrogen (secondary N) is 1. The standard InChI is InChI=1S/C16H13NO2S/c1-2-12(16-14(3-1)18-10-19-16)9-17-13-4-5-15-11(8-13)6-7-20-15/h1-8,17H,9-10H2. The van der Waals surface area contributed by atoms with E-state index < -0.39 is 0 Å². The van der Waals surface area contributed by atoms with Crippen molar-refractivity contribution in [2.75, 3.05) is 12.1 Å². The van der Waals surface area contributed by atoms with Gasteiger partial charge in [0, 0.05) is 22.5 Å². The molecule has 3 nitrogen and oxygen atoms in total. The van der Waals surface area contributed by atoms with Crippen molar-refractivity contribution in [3.63, 3.8) is 0 Å². The Kier molecular flexibility index (Phi) is 2.74. The Hall–Kier alpha value is -2.20. The highest BCUT2D eigenvalue weighted by atomic mass is 32.1. The average Bonchev–Trinajstić information content (AvgIpc) is 3.13. The van der Waals surface area contributed by atoms with E-state index in [0.29, 0.717) is 6.79 Å². The molecule has 0 aliphatic carbocycles. The molecule has 2 aromatic carbocycles. The predicted octanol–water partition coefficient (Wildman–Crippen LogP) is 4.24. The molecule has 0 saturated heterocycles. The van der Waals surface area contributed by atoms with Gasteiger partial charge in [-0.1, -0.05) is 12.1 Å². The second-order valence-electron chi connectivity index (χ2n) is 4.68. The van der Waals surface area contributed by atoms with Crippen LogP contribution in [0.3, 0.4) is 0 Å². The molecule has 1 aromatic heterocycles. The maximum atomic E-state index is 5.52. The van der Waals surface area contributed by atoms with Crippen molar-refractivity contribution in [1.29, 1.82) is 0 Å². The Labute approximate surface area is 120 Å². The van der Waals surface area contributed by atoms with Crippen LogP contribution in [0.25, 0.3) is 10.1 Å². The second kappa shape index (κ2) is 4.72. The monoisotopic (exact) mass is 283 g/mol. The van der Waals surface area contributed by atoms with Gasteiger partial charge in [0.05, 0.1) is 0 Å². The van der Waals surface area contributed by atoms with Gasteiger partial charge in [0.1, 0.15) is 0 Å². The quantitative estimate of drug-likeness (QED) is 0.779. The topological polar surface area (TPSA) is 30.5 Å². The third kappa shape index (κ3) is 1.98. The summed E-state index contributed by atoms with van der Waals surface area (Å²) in [7, 11) is 0. The summed E-state index contributed by atoms with van der Waals surface area (Å²) in [6.45, 7) is 1.04. The highest BCUT2D eigenvalue weighted by Gasteiger charge is 2.16. The molecule has 1 N–H and O–H groups in total. The van der Waals surface area contributed by atoms with Crippen molar-refractivity contribution >= 4 is 27.1 Å². The van der Waals surface area contributed by atoms with E-state index >= 15 is 0 Å². The lowest BCUT2D eigenvalue weighted by Gasteiger charge is -2.09. The molecule has 4 rings (SSSR count). The number of fused-ring (bicyclic) bond motifs is 2. The van der Waals surface area contributed by atoms with Gasteiger partial charge in [-0.15, -0.1) is 11.3 Å². The first-order valence-electron chi connectivity index (χ1n) is 6.49. The van der Waals surface area contributed by atoms with Crippen LogP contribution in [-0.4, -0.2) is 6.79 Å². The van der Waals surface area contributed by atoms with Crippen LogP contribution in [0.2, 0.25) is 0 Å². The molecule has 3 aromatic rings. The molecule has 0 saturated carbocycles. The average molecular weight is 283 g/mol. The van der Waals surface area contributed by atoms with Crippen molar-refractivity contribution in [3.8, 4) is 11.5 Å². The first kappa shape index (κ1) is 11.6. The van der Waals surface area contributed by atoms with Crippen LogP contribution in [0, 0.1) is 0 Å². The van der Waals surface area contributed by atoms with Crippen molar-refractivity contribution in [1.82, 2.24) is 0 Å². The maximum Gasteiger partial charge on any atom is 0.231 e. The molecule has 0 fully saturated rings. The third-order valence-electron chi connectivity index (χ3n) is 3.41. The van der Waals surface area contributed by atoms with Gasteiger partial charge in [-0.3, -0.25) is 0 Å². The molecule has 0 bridgehead atoms. The summed E-state index contributed by atoms with van der Waals surface area (Å²) in [6.07, 6.45) is 0. The van der Waals surface area contributed by atoms with Crippen molar-refractivity contribution in [3.05, 3.63) is 53.4 Å². The summed E-state index contributed by atoms with van der Waals surface area (Å²) in [5, 5.41) is 6.83. The zero-order valence-corrected chi connectivity index (χ0v) is 11.6. The molecule has 0 radical (unpaired) electrons. The molecule has 20 heavy (non-hydrogen) atoms. The van der Waals surface area contributed by atoms with Gasteiger partial charge in [-0.05, 0) is 41.1 Å². The number of ether oxygens (including phenoxy) is 2. The van der Waals surface area contributed by atoms with Gasteiger partial charge in [-0.2, -0.15) is 0 Å². The number of benzene rings is 2. The van der Waals surface area contributed by atoms with E-state index in [1.807, 2.05) is 12.1 Å². The Morgan fingerprint density at radius 2 is 2.10 bits per heavy atom. The van der Waals surface area contributed by atoms with Gasteiger partial charge in [0.15, 0.2) is 11.5 Å². The van der Waals surface area contributed by atoms with Crippen LogP contribution in [0.1, 0.15) is 5.56 Å². The van der Waals surface area contributed by atoms with E-state index in [4.69, 9.17) is 9.47 Å². The summed E-state index contributed by atoms with van der Waals surface area (Å²) >= 11 is 1.76. The minimum atomic E-state index is 0.313. The number of hydrogen-bond acceptors (Lipinski definition) is 4. The smallest absolute Gasteiger partial charge is 0.231 e. The van der Waals surface area contributed by atoms with Crippen LogP contribution in [0.5, 0.6) is 11.5 Å². The fourth-order valence-corrected chi connectivity index (χ4v) is 3.17. The third-order valence-corrected chi connectivity index (χ3v) is 4.31. The highest BCUT2D eigenvalue weighted by Crippen LogP contribution is 2.35. The minimum absolute atomic E-state index is 0.313. The molecule has 0 atom stereocenters. The molecule has 4 heteroatoms. The lowest BCUT2D eigenvalue weighted by molar-refractivity contribution is 0.173. The molecule has 0 spiro atoms. The lowest BCUT2D eigenvalue weighted by atomic mass is 10.1. The van der Waals surface area contributed by atoms with Crippen molar-refractivity contribution < 1.29 is 9.47 Å². The predicted molar refractivity (Wildman–Crippen MR) is 81.7 cm³/mol. The van der Waals surface area contributed by atoms with Gasteiger partial charge < -0.3 is 14.8 Å². The zero-order valence-electron chi connectivity index (χ0n) is 10.8. The molecule has 1 aliphatic rings. The summed E-state index contributed by atoms with van der Waals surface area (Å²) < 4.78 is 12.2. The number of hydrogen-bond donors (Lipinski definition) is 1. The molecule has 100 valence electrons. The van der Waals surface area contributed by atoms with Crippen molar-refractivity contribution in [2.45, 2.75) is 6.54 Å². The van der Waals surface area contributed by atoms with E-state index in [1.54, 1.807) is 11.3 Å². The van der Waals surface area contributed by atoms with Crippen LogP contribution in [0.4, 0.5) is 5.69 Å². The fourth-order valence-electron chi connectivity index (χ4n) is 2.40. The van der Waals surface area contributed by atoms with E-state index in [1.165, 1.54) is 10.1 Å². The summed E-state index contributed by atoms with van der Waals surface area (Å²) in [5.41, 5.74) is 2.23. The number of anilines is 1. The van der Waals surface area contributed by atoms with Crippen molar-refractivity contribution in [2.24, 2.45) is 0 Å². The Morgan fingerprint density at radius 1 is 1.10 bits per heavy atom. The maximum absolute atomic E-state index is 5.52. The molecular weight excluding hydrogens is 270 g/mol. The number of thiophene rings is 1. The van der Waals surface area contributed by atoms with Gasteiger partial charge in [0.2, 0.25) is 6.79 Å². The van der Waals surface area contributed by atoms with Crippen LogP contribution in [-0.2, 0) is 6.54 Å². The largest absolute Gasteiger partial charge is 0.454 e. The lowest BCUT2D eigenvalue weighted by Crippen LogP contribution is -2.01. The minimum Gasteiger partial charge on any atom is -0.454 e. The molecule has 1 aliphatic heterocycles. The Bertz CT molecular complexity index is 766. The van der Waals surface area contributed by atoms with Gasteiger partial charge in [-0.25, -0.2) is 0 Å². The molecular formula is C16H13NO2S. The first-order valence-corrected chi connectivity index (χ1v) is 7.37. The summed E-state index contributed by atoms with van der Waals surface area (Å²) in [5.74, 6) is 1.69. The Morgan fingerprint density at radius 3 is 3.10 bits per heavy atom. The Balaban J connectivity index is 1.57. The second-order valence-corrected chi connectivity index (χ2v) is 5.63. The van der Waals surface area contributed by atoms with E-state index in [0.717, 1.165) is 29.3 Å². The van der Waals surface area contributed by atoms with Gasteiger partial charge >= 0.3 is 0 Å². The van der Waals surface area contributed by atoms with E-state index in [-0.39, 0.29) is 0 Å². The van der Waals surface area contributed by atoms with E-state index in [2.05, 4.69) is 41.0 Å². The number of rotatable bonds is 3.